The molecule has 0 aliphatic carbocycles. The number of hydrogen-bond acceptors (Lipinski definition) is 6. The van der Waals surface area contributed by atoms with E-state index in [-0.39, 0.29) is 19.1 Å². The smallest absolute Gasteiger partial charge is 0.344 e. The van der Waals surface area contributed by atoms with E-state index in [1.54, 1.807) is 19.1 Å². The van der Waals surface area contributed by atoms with Crippen molar-refractivity contribution in [3.05, 3.63) is 82.9 Å². The van der Waals surface area contributed by atoms with Gasteiger partial charge in [0.05, 0.1) is 19.8 Å². The van der Waals surface area contributed by atoms with E-state index in [0.29, 0.717) is 25.5 Å². The van der Waals surface area contributed by atoms with Gasteiger partial charge in [0, 0.05) is 23.7 Å². The van der Waals surface area contributed by atoms with E-state index in [2.05, 4.69) is 6.07 Å². The maximum absolute atomic E-state index is 14.1. The molecule has 3 aromatic rings. The van der Waals surface area contributed by atoms with Gasteiger partial charge in [-0.2, -0.15) is 0 Å². The molecule has 7 heteroatoms. The van der Waals surface area contributed by atoms with Gasteiger partial charge in [0.1, 0.15) is 29.3 Å². The molecule has 35 heavy (non-hydrogen) atoms. The van der Waals surface area contributed by atoms with E-state index < -0.39 is 11.4 Å². The van der Waals surface area contributed by atoms with Crippen LogP contribution in [0.5, 0.6) is 17.2 Å². The van der Waals surface area contributed by atoms with Crippen LogP contribution < -0.4 is 19.1 Å². The van der Waals surface area contributed by atoms with Gasteiger partial charge in [0.2, 0.25) is 5.91 Å². The summed E-state index contributed by atoms with van der Waals surface area (Å²) in [4.78, 5) is 27.5. The standard InChI is InChI=1S/C28H25NO6/c1-2-32-26(30)16-34-20-9-7-18(8-10-20)15-29-23-6-4-3-5-21(23)28(27(29)31)17-35-25-14-24-19(11-12-33-24)13-22(25)28/h3-10,13-14H,2,11-12,15-17H2,1H3. The molecule has 1 amide bonds. The quantitative estimate of drug-likeness (QED) is 0.510. The zero-order chi connectivity index (χ0) is 24.0. The first-order valence-corrected chi connectivity index (χ1v) is 11.8. The molecule has 1 atom stereocenters. The lowest BCUT2D eigenvalue weighted by Gasteiger charge is -2.23. The number of nitrogens with zero attached hydrogens (tertiary/aromatic N) is 1. The van der Waals surface area contributed by atoms with E-state index in [4.69, 9.17) is 18.9 Å². The van der Waals surface area contributed by atoms with Crippen LogP contribution in [0.4, 0.5) is 5.69 Å². The van der Waals surface area contributed by atoms with Gasteiger partial charge in [-0.15, -0.1) is 0 Å². The van der Waals surface area contributed by atoms with Crippen LogP contribution in [-0.4, -0.2) is 38.3 Å². The highest BCUT2D eigenvalue weighted by atomic mass is 16.6. The summed E-state index contributed by atoms with van der Waals surface area (Å²) in [5.74, 6) is 1.75. The Labute approximate surface area is 203 Å². The summed E-state index contributed by atoms with van der Waals surface area (Å²) in [6, 6.07) is 19.4. The van der Waals surface area contributed by atoms with Gasteiger partial charge in [0.15, 0.2) is 6.61 Å². The number of hydrogen-bond donors (Lipinski definition) is 0. The van der Waals surface area contributed by atoms with E-state index in [1.807, 2.05) is 47.4 Å². The molecule has 6 rings (SSSR count). The Hall–Kier alpha value is -4.00. The summed E-state index contributed by atoms with van der Waals surface area (Å²) in [5, 5.41) is 0. The summed E-state index contributed by atoms with van der Waals surface area (Å²) in [7, 11) is 0. The van der Waals surface area contributed by atoms with Gasteiger partial charge >= 0.3 is 5.97 Å². The first kappa shape index (κ1) is 21.5. The minimum atomic E-state index is -0.855. The number of anilines is 1. The molecule has 3 heterocycles. The predicted octanol–water partition coefficient (Wildman–Crippen LogP) is 3.79. The second-order valence-electron chi connectivity index (χ2n) is 8.89. The van der Waals surface area contributed by atoms with E-state index in [1.165, 1.54) is 0 Å². The normalized spacial score (nSPS) is 19.1. The first-order valence-electron chi connectivity index (χ1n) is 11.8. The number of amides is 1. The van der Waals surface area contributed by atoms with Crippen LogP contribution in [0.1, 0.15) is 29.2 Å². The third-order valence-electron chi connectivity index (χ3n) is 6.89. The van der Waals surface area contributed by atoms with Crippen molar-refractivity contribution in [2.45, 2.75) is 25.3 Å². The van der Waals surface area contributed by atoms with Crippen molar-refractivity contribution in [1.29, 1.82) is 0 Å². The number of benzene rings is 3. The highest BCUT2D eigenvalue weighted by molar-refractivity contribution is 6.11. The maximum atomic E-state index is 14.1. The van der Waals surface area contributed by atoms with E-state index >= 15 is 0 Å². The lowest BCUT2D eigenvalue weighted by Crippen LogP contribution is -2.42. The number of fused-ring (bicyclic) bond motifs is 5. The predicted molar refractivity (Wildman–Crippen MR) is 128 cm³/mol. The third-order valence-corrected chi connectivity index (χ3v) is 6.89. The van der Waals surface area contributed by atoms with Gasteiger partial charge in [-0.05, 0) is 47.9 Å². The summed E-state index contributed by atoms with van der Waals surface area (Å²) in [5.41, 5.74) is 4.01. The topological polar surface area (TPSA) is 74.3 Å². The van der Waals surface area contributed by atoms with Crippen LogP contribution in [0.25, 0.3) is 0 Å². The van der Waals surface area contributed by atoms with Gasteiger partial charge < -0.3 is 23.8 Å². The van der Waals surface area contributed by atoms with Crippen LogP contribution in [0.2, 0.25) is 0 Å². The van der Waals surface area contributed by atoms with Crippen molar-refractivity contribution >= 4 is 17.6 Å². The SMILES string of the molecule is CCOC(=O)COc1ccc(CN2C(=O)C3(COc4cc5c(cc43)CCO5)c3ccccc32)cc1. The fraction of sp³-hybridized carbons (Fsp3) is 0.286. The van der Waals surface area contributed by atoms with Gasteiger partial charge in [0.25, 0.3) is 0 Å². The first-order chi connectivity index (χ1) is 17.1. The molecule has 3 aromatic carbocycles. The summed E-state index contributed by atoms with van der Waals surface area (Å²) >= 11 is 0. The van der Waals surface area contributed by atoms with Gasteiger partial charge in [-0.1, -0.05) is 30.3 Å². The summed E-state index contributed by atoms with van der Waals surface area (Å²) < 4.78 is 22.2. The van der Waals surface area contributed by atoms with Gasteiger partial charge in [-0.3, -0.25) is 4.79 Å². The van der Waals surface area contributed by atoms with Crippen LogP contribution in [-0.2, 0) is 32.7 Å². The van der Waals surface area contributed by atoms with Crippen LogP contribution >= 0.6 is 0 Å². The van der Waals surface area contributed by atoms with Crippen molar-refractivity contribution in [1.82, 2.24) is 0 Å². The molecule has 3 aliphatic heterocycles. The average molecular weight is 472 g/mol. The Morgan fingerprint density at radius 3 is 2.69 bits per heavy atom. The molecule has 0 saturated heterocycles. The lowest BCUT2D eigenvalue weighted by molar-refractivity contribution is -0.145. The second-order valence-corrected chi connectivity index (χ2v) is 8.89. The monoisotopic (exact) mass is 471 g/mol. The van der Waals surface area contributed by atoms with Crippen molar-refractivity contribution < 1.29 is 28.5 Å². The molecular weight excluding hydrogens is 446 g/mol. The Morgan fingerprint density at radius 2 is 1.86 bits per heavy atom. The zero-order valence-corrected chi connectivity index (χ0v) is 19.4. The Kier molecular flexibility index (Phi) is 5.13. The number of para-hydroxylation sites is 1. The number of ether oxygens (including phenoxy) is 4. The van der Waals surface area contributed by atoms with E-state index in [0.717, 1.165) is 45.9 Å². The molecule has 7 nitrogen and oxygen atoms in total. The molecule has 178 valence electrons. The summed E-state index contributed by atoms with van der Waals surface area (Å²) in [6.07, 6.45) is 0.836. The molecule has 1 unspecified atom stereocenters. The van der Waals surface area contributed by atoms with Crippen LogP contribution in [0, 0.1) is 0 Å². The fourth-order valence-corrected chi connectivity index (χ4v) is 5.22. The molecule has 0 aromatic heterocycles. The maximum Gasteiger partial charge on any atom is 0.344 e. The van der Waals surface area contributed by atoms with E-state index in [9.17, 15) is 9.59 Å². The molecule has 0 bridgehead atoms. The second kappa shape index (κ2) is 8.34. The molecule has 0 radical (unpaired) electrons. The average Bonchev–Trinajstić information content (AvgIpc) is 3.55. The Morgan fingerprint density at radius 1 is 1.03 bits per heavy atom. The Balaban J connectivity index is 1.29. The number of rotatable bonds is 6. The molecular formula is C28H25NO6. The minimum Gasteiger partial charge on any atom is -0.493 e. The highest BCUT2D eigenvalue weighted by Crippen LogP contribution is 2.54. The fourth-order valence-electron chi connectivity index (χ4n) is 5.22. The third kappa shape index (κ3) is 3.41. The van der Waals surface area contributed by atoms with Crippen molar-refractivity contribution in [2.75, 3.05) is 31.3 Å². The van der Waals surface area contributed by atoms with Gasteiger partial charge in [-0.25, -0.2) is 4.79 Å². The molecule has 3 aliphatic rings. The summed E-state index contributed by atoms with van der Waals surface area (Å²) in [6.45, 7) is 3.28. The van der Waals surface area contributed by atoms with Crippen molar-refractivity contribution in [2.24, 2.45) is 0 Å². The van der Waals surface area contributed by atoms with Crippen LogP contribution in [0.3, 0.4) is 0 Å². The Bertz CT molecular complexity index is 1320. The molecule has 0 N–H and O–H groups in total. The lowest BCUT2D eigenvalue weighted by atomic mass is 9.76. The largest absolute Gasteiger partial charge is 0.493 e. The van der Waals surface area contributed by atoms with Crippen molar-refractivity contribution in [3.8, 4) is 17.2 Å². The number of esters is 1. The minimum absolute atomic E-state index is 0.0129. The molecule has 0 fully saturated rings. The zero-order valence-electron chi connectivity index (χ0n) is 19.4. The van der Waals surface area contributed by atoms with Crippen LogP contribution in [0.15, 0.2) is 60.7 Å². The van der Waals surface area contributed by atoms with Crippen molar-refractivity contribution in [3.63, 3.8) is 0 Å². The number of carbonyl (C=O) groups is 2. The molecule has 1 spiro atoms. The highest BCUT2D eigenvalue weighted by Gasteiger charge is 2.57. The molecule has 0 saturated carbocycles. The number of carbonyl (C=O) groups excluding carboxylic acids is 2.